The summed E-state index contributed by atoms with van der Waals surface area (Å²) in [7, 11) is -3.65. The van der Waals surface area contributed by atoms with E-state index in [0.717, 1.165) is 0 Å². The number of carboxylic acids is 1. The first-order valence-electron chi connectivity index (χ1n) is 5.09. The Hall–Kier alpha value is -1.41. The third-order valence-electron chi connectivity index (χ3n) is 3.05. The molecule has 0 saturated carbocycles. The fraction of sp³-hybridized carbons (Fsp3) is 0.556. The monoisotopic (exact) mass is 259 g/mol. The van der Waals surface area contributed by atoms with E-state index < -0.39 is 21.4 Å². The highest BCUT2D eigenvalue weighted by molar-refractivity contribution is 7.89. The van der Waals surface area contributed by atoms with E-state index in [-0.39, 0.29) is 18.1 Å². The van der Waals surface area contributed by atoms with Crippen molar-refractivity contribution < 1.29 is 18.3 Å². The third-order valence-corrected chi connectivity index (χ3v) is 4.82. The van der Waals surface area contributed by atoms with Crippen LogP contribution in [0.2, 0.25) is 0 Å². The van der Waals surface area contributed by atoms with Gasteiger partial charge >= 0.3 is 5.97 Å². The van der Waals surface area contributed by atoms with E-state index in [1.807, 2.05) is 0 Å². The minimum absolute atomic E-state index is 0.00728. The lowest BCUT2D eigenvalue weighted by Crippen LogP contribution is -2.35. The van der Waals surface area contributed by atoms with Gasteiger partial charge in [-0.15, -0.1) is 0 Å². The number of sulfonamides is 1. The maximum absolute atomic E-state index is 12.1. The molecule has 1 aromatic rings. The number of aliphatic carboxylic acids is 1. The highest BCUT2D eigenvalue weighted by atomic mass is 32.2. The summed E-state index contributed by atoms with van der Waals surface area (Å²) in [6.07, 6.45) is 1.66. The van der Waals surface area contributed by atoms with Gasteiger partial charge in [0.1, 0.15) is 0 Å². The zero-order valence-corrected chi connectivity index (χ0v) is 10.1. The van der Waals surface area contributed by atoms with Gasteiger partial charge in [-0.25, -0.2) is 8.42 Å². The van der Waals surface area contributed by atoms with Crippen molar-refractivity contribution in [3.8, 4) is 0 Å². The number of carbonyl (C=O) groups is 1. The van der Waals surface area contributed by atoms with E-state index in [1.165, 1.54) is 16.6 Å². The Labute approximate surface area is 98.5 Å². The fourth-order valence-electron chi connectivity index (χ4n) is 1.82. The van der Waals surface area contributed by atoms with Gasteiger partial charge < -0.3 is 5.11 Å². The Morgan fingerprint density at radius 1 is 1.65 bits per heavy atom. The molecule has 8 heteroatoms. The lowest BCUT2D eigenvalue weighted by Gasteiger charge is -2.19. The molecule has 0 bridgehead atoms. The molecule has 0 aliphatic carbocycles. The standard InChI is InChI=1S/C9H13N3O4S/c1-9(8(13)14)3-5-12(6-9)17(15,16)7-2-4-10-11-7/h2,4H,3,5-6H2,1H3,(H,10,11)(H,13,14). The second kappa shape index (κ2) is 3.81. The quantitative estimate of drug-likeness (QED) is 0.788. The average molecular weight is 259 g/mol. The number of H-pyrrole nitrogens is 1. The molecule has 1 aromatic heterocycles. The lowest BCUT2D eigenvalue weighted by molar-refractivity contribution is -0.146. The predicted molar refractivity (Wildman–Crippen MR) is 57.7 cm³/mol. The maximum atomic E-state index is 12.1. The molecule has 1 atom stereocenters. The van der Waals surface area contributed by atoms with Crippen LogP contribution in [-0.4, -0.2) is 47.1 Å². The first-order valence-corrected chi connectivity index (χ1v) is 6.53. The van der Waals surface area contributed by atoms with E-state index >= 15 is 0 Å². The average Bonchev–Trinajstić information content (AvgIpc) is 2.86. The number of hydrogen-bond acceptors (Lipinski definition) is 4. The largest absolute Gasteiger partial charge is 0.481 e. The molecule has 1 aliphatic rings. The van der Waals surface area contributed by atoms with E-state index in [1.54, 1.807) is 6.92 Å². The molecule has 2 rings (SSSR count). The van der Waals surface area contributed by atoms with Crippen molar-refractivity contribution >= 4 is 16.0 Å². The van der Waals surface area contributed by atoms with Crippen LogP contribution in [0.1, 0.15) is 13.3 Å². The van der Waals surface area contributed by atoms with Crippen molar-refractivity contribution in [2.45, 2.75) is 18.4 Å². The first kappa shape index (κ1) is 12.1. The van der Waals surface area contributed by atoms with Crippen LogP contribution in [-0.2, 0) is 14.8 Å². The summed E-state index contributed by atoms with van der Waals surface area (Å²) < 4.78 is 25.3. The van der Waals surface area contributed by atoms with Gasteiger partial charge in [-0.2, -0.15) is 9.40 Å². The summed E-state index contributed by atoms with van der Waals surface area (Å²) in [5, 5.41) is 15.0. The van der Waals surface area contributed by atoms with E-state index in [2.05, 4.69) is 10.2 Å². The van der Waals surface area contributed by atoms with Crippen LogP contribution in [0, 0.1) is 5.41 Å². The predicted octanol–water partition coefficient (Wildman–Crippen LogP) is -0.105. The van der Waals surface area contributed by atoms with Crippen LogP contribution in [0.3, 0.4) is 0 Å². The van der Waals surface area contributed by atoms with E-state index in [9.17, 15) is 13.2 Å². The number of aromatic nitrogens is 2. The molecule has 94 valence electrons. The van der Waals surface area contributed by atoms with Crippen LogP contribution in [0.25, 0.3) is 0 Å². The summed E-state index contributed by atoms with van der Waals surface area (Å²) in [6.45, 7) is 1.76. The molecule has 0 spiro atoms. The molecule has 0 radical (unpaired) electrons. The molecular formula is C9H13N3O4S. The Balaban J connectivity index is 2.25. The minimum Gasteiger partial charge on any atom is -0.481 e. The Morgan fingerprint density at radius 3 is 2.82 bits per heavy atom. The number of aromatic amines is 1. The van der Waals surface area contributed by atoms with Crippen molar-refractivity contribution in [3.63, 3.8) is 0 Å². The second-order valence-electron chi connectivity index (χ2n) is 4.38. The first-order chi connectivity index (χ1) is 7.86. The van der Waals surface area contributed by atoms with Crippen LogP contribution >= 0.6 is 0 Å². The van der Waals surface area contributed by atoms with Crippen LogP contribution in [0.5, 0.6) is 0 Å². The van der Waals surface area contributed by atoms with Crippen molar-refractivity contribution in [2.24, 2.45) is 5.41 Å². The van der Waals surface area contributed by atoms with Crippen molar-refractivity contribution in [1.82, 2.24) is 14.5 Å². The zero-order chi connectivity index (χ0) is 12.7. The molecule has 1 aliphatic heterocycles. The summed E-state index contributed by atoms with van der Waals surface area (Å²) in [5.41, 5.74) is -1.01. The van der Waals surface area contributed by atoms with Crippen molar-refractivity contribution in [1.29, 1.82) is 0 Å². The molecule has 1 saturated heterocycles. The van der Waals surface area contributed by atoms with Gasteiger partial charge in [0.2, 0.25) is 0 Å². The third kappa shape index (κ3) is 1.93. The van der Waals surface area contributed by atoms with Gasteiger partial charge in [0.05, 0.1) is 11.6 Å². The number of nitrogens with one attached hydrogen (secondary N) is 1. The van der Waals surface area contributed by atoms with Gasteiger partial charge in [0.15, 0.2) is 5.03 Å². The highest BCUT2D eigenvalue weighted by Crippen LogP contribution is 2.33. The SMILES string of the molecule is CC1(C(=O)O)CCN(S(=O)(=O)c2ccn[nH]2)C1. The summed E-state index contributed by atoms with van der Waals surface area (Å²) in [4.78, 5) is 11.0. The van der Waals surface area contributed by atoms with Gasteiger partial charge in [0, 0.05) is 13.1 Å². The van der Waals surface area contributed by atoms with Gasteiger partial charge in [-0.05, 0) is 19.4 Å². The summed E-state index contributed by atoms with van der Waals surface area (Å²) >= 11 is 0. The van der Waals surface area contributed by atoms with Crippen LogP contribution in [0.15, 0.2) is 17.3 Å². The summed E-state index contributed by atoms with van der Waals surface area (Å²) in [6, 6.07) is 1.35. The Kier molecular flexibility index (Phi) is 2.70. The van der Waals surface area contributed by atoms with Crippen LogP contribution < -0.4 is 0 Å². The smallest absolute Gasteiger partial charge is 0.310 e. The van der Waals surface area contributed by atoms with Gasteiger partial charge in [-0.3, -0.25) is 9.89 Å². The second-order valence-corrected chi connectivity index (χ2v) is 6.28. The van der Waals surface area contributed by atoms with Crippen LogP contribution in [0.4, 0.5) is 0 Å². The molecule has 1 unspecified atom stereocenters. The molecule has 0 amide bonds. The lowest BCUT2D eigenvalue weighted by atomic mass is 9.90. The van der Waals surface area contributed by atoms with Crippen molar-refractivity contribution in [3.05, 3.63) is 12.3 Å². The Morgan fingerprint density at radius 2 is 2.35 bits per heavy atom. The summed E-state index contributed by atoms with van der Waals surface area (Å²) in [5.74, 6) is -0.972. The van der Waals surface area contributed by atoms with E-state index in [0.29, 0.717) is 6.42 Å². The molecule has 17 heavy (non-hydrogen) atoms. The Bertz CT molecular complexity index is 524. The topological polar surface area (TPSA) is 103 Å². The highest BCUT2D eigenvalue weighted by Gasteiger charge is 2.45. The van der Waals surface area contributed by atoms with E-state index in [4.69, 9.17) is 5.11 Å². The number of nitrogens with zero attached hydrogens (tertiary/aromatic N) is 2. The van der Waals surface area contributed by atoms with Gasteiger partial charge in [0.25, 0.3) is 10.0 Å². The normalized spacial score (nSPS) is 26.2. The molecular weight excluding hydrogens is 246 g/mol. The van der Waals surface area contributed by atoms with Crippen molar-refractivity contribution in [2.75, 3.05) is 13.1 Å². The maximum Gasteiger partial charge on any atom is 0.310 e. The molecule has 2 heterocycles. The molecule has 2 N–H and O–H groups in total. The minimum atomic E-state index is -3.65. The zero-order valence-electron chi connectivity index (χ0n) is 9.25. The fourth-order valence-corrected chi connectivity index (χ4v) is 3.29. The molecule has 7 nitrogen and oxygen atoms in total. The number of hydrogen-bond donors (Lipinski definition) is 2. The number of carboxylic acid groups (broad SMARTS) is 1. The molecule has 1 fully saturated rings. The molecule has 0 aromatic carbocycles. The van der Waals surface area contributed by atoms with Gasteiger partial charge in [-0.1, -0.05) is 0 Å². The number of rotatable bonds is 3.